The van der Waals surface area contributed by atoms with Crippen LogP contribution in [0.1, 0.15) is 77.0 Å². The van der Waals surface area contributed by atoms with Gasteiger partial charge in [0.1, 0.15) is 0 Å². The van der Waals surface area contributed by atoms with Crippen LogP contribution in [0.25, 0.3) is 12.2 Å². The summed E-state index contributed by atoms with van der Waals surface area (Å²) in [5.74, 6) is 0.410. The third-order valence-electron chi connectivity index (χ3n) is 3.23. The fourth-order valence-electron chi connectivity index (χ4n) is 2.00. The van der Waals surface area contributed by atoms with Crippen LogP contribution in [0, 0.1) is 0 Å². The molecule has 0 aliphatic carbocycles. The monoisotopic (exact) mass is 332 g/mol. The number of hydrogen-bond donors (Lipinski definition) is 1. The van der Waals surface area contributed by atoms with E-state index in [1.54, 1.807) is 0 Å². The zero-order valence-corrected chi connectivity index (χ0v) is 16.4. The van der Waals surface area contributed by atoms with Crippen LogP contribution in [0.5, 0.6) is 0 Å². The number of hydrogen-bond acceptors (Lipinski definition) is 1. The molecular weight excluding hydrogens is 296 g/mol. The SMILES string of the molecule is C=Cc1ccc(C(C)C(=C)CCC)cc1C=C.CC.CC.O=CO. The zero-order valence-electron chi connectivity index (χ0n) is 16.4. The van der Waals surface area contributed by atoms with Crippen LogP contribution in [-0.4, -0.2) is 11.6 Å². The maximum Gasteiger partial charge on any atom is 0.290 e. The van der Waals surface area contributed by atoms with Crippen LogP contribution in [0.4, 0.5) is 0 Å². The van der Waals surface area contributed by atoms with E-state index in [0.717, 1.165) is 24.0 Å². The second-order valence-corrected chi connectivity index (χ2v) is 4.53. The molecule has 2 nitrogen and oxygen atoms in total. The number of rotatable bonds is 6. The lowest BCUT2D eigenvalue weighted by molar-refractivity contribution is -0.122. The summed E-state index contributed by atoms with van der Waals surface area (Å²) in [6.07, 6.45) is 6.00. The molecule has 0 radical (unpaired) electrons. The average Bonchev–Trinajstić information content (AvgIpc) is 2.64. The summed E-state index contributed by atoms with van der Waals surface area (Å²) in [7, 11) is 0. The minimum absolute atomic E-state index is 0.250. The lowest BCUT2D eigenvalue weighted by atomic mass is 9.89. The maximum absolute atomic E-state index is 8.36. The van der Waals surface area contributed by atoms with E-state index in [0.29, 0.717) is 5.92 Å². The van der Waals surface area contributed by atoms with Crippen molar-refractivity contribution in [2.24, 2.45) is 0 Å². The van der Waals surface area contributed by atoms with Crippen LogP contribution >= 0.6 is 0 Å². The molecule has 0 aliphatic rings. The molecule has 1 N–H and O–H groups in total. The summed E-state index contributed by atoms with van der Waals surface area (Å²) >= 11 is 0. The fourth-order valence-corrected chi connectivity index (χ4v) is 2.00. The Labute approximate surface area is 149 Å². The summed E-state index contributed by atoms with van der Waals surface area (Å²) < 4.78 is 0. The molecule has 0 aromatic heterocycles. The quantitative estimate of drug-likeness (QED) is 0.442. The Hall–Kier alpha value is -2.09. The summed E-state index contributed by atoms with van der Waals surface area (Å²) in [6, 6.07) is 6.46. The molecule has 1 atom stereocenters. The third-order valence-corrected chi connectivity index (χ3v) is 3.23. The predicted molar refractivity (Wildman–Crippen MR) is 110 cm³/mol. The molecule has 0 bridgehead atoms. The average molecular weight is 333 g/mol. The van der Waals surface area contributed by atoms with Crippen molar-refractivity contribution in [3.05, 3.63) is 60.2 Å². The number of carbonyl (C=O) groups is 1. The molecule has 1 rings (SSSR count). The smallest absolute Gasteiger partial charge is 0.290 e. The Morgan fingerprint density at radius 1 is 1.12 bits per heavy atom. The maximum atomic E-state index is 8.36. The molecule has 0 fully saturated rings. The van der Waals surface area contributed by atoms with Crippen molar-refractivity contribution in [3.63, 3.8) is 0 Å². The van der Waals surface area contributed by atoms with Gasteiger partial charge in [0.2, 0.25) is 0 Å². The molecule has 0 heterocycles. The molecule has 0 amide bonds. The molecule has 0 saturated carbocycles. The molecular formula is C22H36O2. The molecule has 1 unspecified atom stereocenters. The Balaban J connectivity index is -0.000000549. The van der Waals surface area contributed by atoms with Gasteiger partial charge in [-0.25, -0.2) is 0 Å². The van der Waals surface area contributed by atoms with Crippen molar-refractivity contribution in [1.82, 2.24) is 0 Å². The molecule has 2 heteroatoms. The van der Waals surface area contributed by atoms with Crippen molar-refractivity contribution in [1.29, 1.82) is 0 Å². The van der Waals surface area contributed by atoms with E-state index in [4.69, 9.17) is 9.90 Å². The number of benzene rings is 1. The second-order valence-electron chi connectivity index (χ2n) is 4.53. The van der Waals surface area contributed by atoms with Gasteiger partial charge in [0.25, 0.3) is 6.47 Å². The molecule has 0 saturated heterocycles. The zero-order chi connectivity index (χ0) is 19.5. The van der Waals surface area contributed by atoms with E-state index < -0.39 is 0 Å². The van der Waals surface area contributed by atoms with Crippen molar-refractivity contribution in [3.8, 4) is 0 Å². The first-order chi connectivity index (χ1) is 11.5. The second kappa shape index (κ2) is 19.0. The van der Waals surface area contributed by atoms with Gasteiger partial charge in [-0.1, -0.05) is 104 Å². The molecule has 0 spiro atoms. The largest absolute Gasteiger partial charge is 0.483 e. The van der Waals surface area contributed by atoms with Crippen LogP contribution < -0.4 is 0 Å². The summed E-state index contributed by atoms with van der Waals surface area (Å²) in [4.78, 5) is 8.36. The first kappa shape index (κ1) is 26.8. The third kappa shape index (κ3) is 10.6. The molecule has 1 aromatic rings. The predicted octanol–water partition coefficient (Wildman–Crippen LogP) is 7.19. The minimum atomic E-state index is -0.250. The van der Waals surface area contributed by atoms with Gasteiger partial charge in [-0.15, -0.1) is 0 Å². The molecule has 0 aliphatic heterocycles. The van der Waals surface area contributed by atoms with Crippen molar-refractivity contribution < 1.29 is 9.90 Å². The lowest BCUT2D eigenvalue weighted by Gasteiger charge is -2.16. The van der Waals surface area contributed by atoms with Crippen molar-refractivity contribution >= 4 is 18.6 Å². The van der Waals surface area contributed by atoms with E-state index in [1.807, 2.05) is 39.8 Å². The van der Waals surface area contributed by atoms with E-state index in [2.05, 4.69) is 51.8 Å². The molecule has 1 aromatic carbocycles. The van der Waals surface area contributed by atoms with Gasteiger partial charge in [0.05, 0.1) is 0 Å². The highest BCUT2D eigenvalue weighted by atomic mass is 16.3. The van der Waals surface area contributed by atoms with E-state index in [-0.39, 0.29) is 6.47 Å². The standard InChI is InChI=1S/C17H22.2C2H6.CH2O2/c1-6-9-13(4)14(5)17-11-10-15(7-2)16(8-3)12-17;2*1-2;2-1-3/h7-8,10-12,14H,2-4,6,9H2,1,5H3;2*1-2H3;1H,(H,2,3). The Morgan fingerprint density at radius 3 is 1.96 bits per heavy atom. The highest BCUT2D eigenvalue weighted by Crippen LogP contribution is 2.28. The van der Waals surface area contributed by atoms with Gasteiger partial charge in [-0.3, -0.25) is 4.79 Å². The van der Waals surface area contributed by atoms with Gasteiger partial charge in [-0.2, -0.15) is 0 Å². The van der Waals surface area contributed by atoms with Gasteiger partial charge in [0.15, 0.2) is 0 Å². The normalized spacial score (nSPS) is 9.42. The fraction of sp³-hybridized carbons (Fsp3) is 0.409. The van der Waals surface area contributed by atoms with Crippen LogP contribution in [0.15, 0.2) is 43.5 Å². The Kier molecular flexibility index (Phi) is 21.2. The summed E-state index contributed by atoms with van der Waals surface area (Å²) in [5.41, 5.74) is 4.89. The van der Waals surface area contributed by atoms with Gasteiger partial charge >= 0.3 is 0 Å². The first-order valence-electron chi connectivity index (χ1n) is 8.69. The highest BCUT2D eigenvalue weighted by molar-refractivity contribution is 5.64. The Morgan fingerprint density at radius 2 is 1.58 bits per heavy atom. The van der Waals surface area contributed by atoms with Crippen molar-refractivity contribution in [2.75, 3.05) is 0 Å². The Bertz CT molecular complexity index is 473. The van der Waals surface area contributed by atoms with Crippen LogP contribution in [0.2, 0.25) is 0 Å². The lowest BCUT2D eigenvalue weighted by Crippen LogP contribution is -1.98. The van der Waals surface area contributed by atoms with Gasteiger partial charge < -0.3 is 5.11 Å². The van der Waals surface area contributed by atoms with E-state index >= 15 is 0 Å². The minimum Gasteiger partial charge on any atom is -0.483 e. The topological polar surface area (TPSA) is 37.3 Å². The van der Waals surface area contributed by atoms with E-state index in [1.165, 1.54) is 11.1 Å². The summed E-state index contributed by atoms with van der Waals surface area (Å²) in [5, 5.41) is 6.89. The number of carboxylic acid groups (broad SMARTS) is 1. The van der Waals surface area contributed by atoms with E-state index in [9.17, 15) is 0 Å². The van der Waals surface area contributed by atoms with Crippen LogP contribution in [-0.2, 0) is 4.79 Å². The van der Waals surface area contributed by atoms with Gasteiger partial charge in [0, 0.05) is 5.92 Å². The number of allylic oxidation sites excluding steroid dienone is 1. The summed E-state index contributed by atoms with van der Waals surface area (Å²) in [6.45, 7) is 24.0. The van der Waals surface area contributed by atoms with Crippen LogP contribution in [0.3, 0.4) is 0 Å². The van der Waals surface area contributed by atoms with Crippen molar-refractivity contribution in [2.45, 2.75) is 60.3 Å². The molecule has 136 valence electrons. The highest BCUT2D eigenvalue weighted by Gasteiger charge is 2.09. The van der Waals surface area contributed by atoms with Gasteiger partial charge in [-0.05, 0) is 23.1 Å². The first-order valence-corrected chi connectivity index (χ1v) is 8.69. The molecule has 24 heavy (non-hydrogen) atoms.